The molecule has 0 saturated heterocycles. The molecule has 0 N–H and O–H groups in total. The van der Waals surface area contributed by atoms with Gasteiger partial charge in [-0.2, -0.15) is 0 Å². The van der Waals surface area contributed by atoms with Gasteiger partial charge in [0.25, 0.3) is 10.0 Å². The Bertz CT molecular complexity index is 820. The predicted octanol–water partition coefficient (Wildman–Crippen LogP) is 4.04. The third kappa shape index (κ3) is 2.55. The normalized spacial score (nSPS) is 15.0. The molecule has 0 aliphatic carbocycles. The molecule has 0 spiro atoms. The molecule has 3 nitrogen and oxygen atoms in total. The van der Waals surface area contributed by atoms with E-state index in [2.05, 4.69) is 0 Å². The summed E-state index contributed by atoms with van der Waals surface area (Å²) in [6.45, 7) is 3.80. The van der Waals surface area contributed by atoms with Gasteiger partial charge in [0.1, 0.15) is 0 Å². The van der Waals surface area contributed by atoms with E-state index < -0.39 is 10.0 Å². The minimum absolute atomic E-state index is 0.322. The molecule has 0 unspecified atom stereocenters. The average molecular weight is 313 g/mol. The lowest BCUT2D eigenvalue weighted by Gasteiger charge is -2.26. The first-order chi connectivity index (χ1) is 10.5. The van der Waals surface area contributed by atoms with Gasteiger partial charge in [-0.15, -0.1) is 0 Å². The molecule has 2 aromatic rings. The molecule has 0 atom stereocenters. The van der Waals surface area contributed by atoms with Crippen LogP contribution in [0.15, 0.2) is 65.2 Å². The number of rotatable bonds is 2. The third-order valence-electron chi connectivity index (χ3n) is 3.94. The van der Waals surface area contributed by atoms with E-state index in [9.17, 15) is 8.42 Å². The maximum Gasteiger partial charge on any atom is 0.268 e. The monoisotopic (exact) mass is 313 g/mol. The van der Waals surface area contributed by atoms with E-state index in [1.165, 1.54) is 4.31 Å². The van der Waals surface area contributed by atoms with Crippen LogP contribution in [-0.2, 0) is 16.4 Å². The number of anilines is 1. The maximum absolute atomic E-state index is 13.1. The lowest BCUT2D eigenvalue weighted by atomic mass is 10.1. The Morgan fingerprint density at radius 3 is 2.36 bits per heavy atom. The zero-order valence-electron chi connectivity index (χ0n) is 12.8. The van der Waals surface area contributed by atoms with Crippen molar-refractivity contribution in [1.29, 1.82) is 0 Å². The summed E-state index contributed by atoms with van der Waals surface area (Å²) in [5, 5.41) is 0. The number of hydrogen-bond donors (Lipinski definition) is 0. The highest BCUT2D eigenvalue weighted by atomic mass is 32.2. The Morgan fingerprint density at radius 2 is 1.64 bits per heavy atom. The summed E-state index contributed by atoms with van der Waals surface area (Å²) in [7, 11) is -3.60. The first-order valence-electron chi connectivity index (χ1n) is 7.37. The minimum Gasteiger partial charge on any atom is -0.239 e. The Kier molecular flexibility index (Phi) is 3.79. The van der Waals surface area contributed by atoms with Crippen LogP contribution in [0.1, 0.15) is 24.5 Å². The first-order valence-corrected chi connectivity index (χ1v) is 8.81. The highest BCUT2D eigenvalue weighted by Gasteiger charge is 2.28. The molecule has 0 aromatic heterocycles. The Morgan fingerprint density at radius 1 is 0.955 bits per heavy atom. The number of para-hydroxylation sites is 1. The van der Waals surface area contributed by atoms with Gasteiger partial charge < -0.3 is 0 Å². The lowest BCUT2D eigenvalue weighted by molar-refractivity contribution is 0.594. The van der Waals surface area contributed by atoms with E-state index in [4.69, 9.17) is 0 Å². The van der Waals surface area contributed by atoms with Gasteiger partial charge in [0.15, 0.2) is 0 Å². The van der Waals surface area contributed by atoms with Gasteiger partial charge in [-0.1, -0.05) is 42.0 Å². The van der Waals surface area contributed by atoms with E-state index >= 15 is 0 Å². The second-order valence-electron chi connectivity index (χ2n) is 5.60. The molecule has 2 aromatic carbocycles. The number of nitrogens with zero attached hydrogens (tertiary/aromatic N) is 1. The van der Waals surface area contributed by atoms with Gasteiger partial charge in [0, 0.05) is 5.70 Å². The summed E-state index contributed by atoms with van der Waals surface area (Å²) in [4.78, 5) is 0.322. The molecule has 114 valence electrons. The molecule has 0 fully saturated rings. The number of allylic oxidation sites excluding steroid dienone is 2. The van der Waals surface area contributed by atoms with Crippen molar-refractivity contribution in [2.75, 3.05) is 4.31 Å². The van der Waals surface area contributed by atoms with Crippen LogP contribution in [0.4, 0.5) is 5.69 Å². The van der Waals surface area contributed by atoms with Gasteiger partial charge in [-0.05, 0) is 50.5 Å². The Hall–Kier alpha value is -2.07. The summed E-state index contributed by atoms with van der Waals surface area (Å²) in [6.07, 6.45) is 3.70. The second-order valence-corrected chi connectivity index (χ2v) is 7.38. The van der Waals surface area contributed by atoms with E-state index in [0.29, 0.717) is 4.90 Å². The summed E-state index contributed by atoms with van der Waals surface area (Å²) in [6, 6.07) is 14.7. The van der Waals surface area contributed by atoms with Gasteiger partial charge in [0.2, 0.25) is 0 Å². The number of fused-ring (bicyclic) bond motifs is 1. The number of sulfonamides is 1. The van der Waals surface area contributed by atoms with E-state index in [-0.39, 0.29) is 0 Å². The fourth-order valence-corrected chi connectivity index (χ4v) is 4.35. The third-order valence-corrected chi connectivity index (χ3v) is 5.78. The number of aryl methyl sites for hydroxylation is 2. The van der Waals surface area contributed by atoms with E-state index in [0.717, 1.165) is 35.4 Å². The van der Waals surface area contributed by atoms with Gasteiger partial charge in [-0.25, -0.2) is 12.7 Å². The summed E-state index contributed by atoms with van der Waals surface area (Å²) >= 11 is 0. The van der Waals surface area contributed by atoms with Crippen LogP contribution < -0.4 is 4.31 Å². The van der Waals surface area contributed by atoms with Crippen LogP contribution in [-0.4, -0.2) is 8.42 Å². The smallest absolute Gasteiger partial charge is 0.239 e. The van der Waals surface area contributed by atoms with Crippen molar-refractivity contribution in [3.63, 3.8) is 0 Å². The summed E-state index contributed by atoms with van der Waals surface area (Å²) < 4.78 is 27.7. The second kappa shape index (κ2) is 5.61. The molecule has 3 rings (SSSR count). The average Bonchev–Trinajstić information content (AvgIpc) is 2.66. The molecule has 0 saturated carbocycles. The molecular formula is C18H19NO2S. The van der Waals surface area contributed by atoms with Crippen LogP contribution in [0.5, 0.6) is 0 Å². The predicted molar refractivity (Wildman–Crippen MR) is 89.4 cm³/mol. The molecule has 1 aliphatic rings. The molecule has 0 radical (unpaired) electrons. The Balaban J connectivity index is 2.18. The highest BCUT2D eigenvalue weighted by molar-refractivity contribution is 7.93. The molecule has 22 heavy (non-hydrogen) atoms. The number of benzene rings is 2. The van der Waals surface area contributed by atoms with Crippen molar-refractivity contribution < 1.29 is 8.42 Å². The SMILES string of the molecule is CC1=CCCc2ccccc2N1S(=O)(=O)c1ccc(C)cc1. The van der Waals surface area contributed by atoms with Crippen LogP contribution >= 0.6 is 0 Å². The van der Waals surface area contributed by atoms with Crippen molar-refractivity contribution >= 4 is 15.7 Å². The van der Waals surface area contributed by atoms with Gasteiger partial charge in [0.05, 0.1) is 10.6 Å². The van der Waals surface area contributed by atoms with E-state index in [1.54, 1.807) is 12.1 Å². The van der Waals surface area contributed by atoms with E-state index in [1.807, 2.05) is 56.3 Å². The summed E-state index contributed by atoms with van der Waals surface area (Å²) in [5.41, 5.74) is 3.62. The molecule has 4 heteroatoms. The highest BCUT2D eigenvalue weighted by Crippen LogP contribution is 2.33. The molecule has 0 amide bonds. The van der Waals surface area contributed by atoms with Crippen molar-refractivity contribution in [3.8, 4) is 0 Å². The van der Waals surface area contributed by atoms with Crippen molar-refractivity contribution in [2.24, 2.45) is 0 Å². The lowest BCUT2D eigenvalue weighted by Crippen LogP contribution is -2.29. The maximum atomic E-state index is 13.1. The van der Waals surface area contributed by atoms with Crippen LogP contribution in [0.2, 0.25) is 0 Å². The Labute approximate surface area is 132 Å². The first kappa shape index (κ1) is 14.9. The van der Waals surface area contributed by atoms with Crippen LogP contribution in [0.3, 0.4) is 0 Å². The quantitative estimate of drug-likeness (QED) is 0.839. The summed E-state index contributed by atoms with van der Waals surface area (Å²) in [5.74, 6) is 0. The fraction of sp³-hybridized carbons (Fsp3) is 0.222. The van der Waals surface area contributed by atoms with Crippen molar-refractivity contribution in [1.82, 2.24) is 0 Å². The molecule has 0 bridgehead atoms. The zero-order chi connectivity index (χ0) is 15.7. The largest absolute Gasteiger partial charge is 0.268 e. The van der Waals surface area contributed by atoms with Gasteiger partial charge in [-0.3, -0.25) is 0 Å². The topological polar surface area (TPSA) is 37.4 Å². The molecule has 1 heterocycles. The van der Waals surface area contributed by atoms with Crippen molar-refractivity contribution in [3.05, 3.63) is 71.4 Å². The fourth-order valence-electron chi connectivity index (χ4n) is 2.76. The zero-order valence-corrected chi connectivity index (χ0v) is 13.6. The standard InChI is InChI=1S/C18H19NO2S/c1-14-10-12-17(13-11-14)22(20,21)19-15(2)6-5-8-16-7-3-4-9-18(16)19/h3-4,6-7,9-13H,5,8H2,1-2H3. The van der Waals surface area contributed by atoms with Gasteiger partial charge >= 0.3 is 0 Å². The molecular weight excluding hydrogens is 294 g/mol. The van der Waals surface area contributed by atoms with Crippen LogP contribution in [0, 0.1) is 6.92 Å². The molecule has 1 aliphatic heterocycles. The van der Waals surface area contributed by atoms with Crippen molar-refractivity contribution in [2.45, 2.75) is 31.6 Å². The van der Waals surface area contributed by atoms with Crippen LogP contribution in [0.25, 0.3) is 0 Å². The minimum atomic E-state index is -3.60. The number of hydrogen-bond acceptors (Lipinski definition) is 2.